The molecule has 3 aromatic heterocycles. The van der Waals surface area contributed by atoms with Gasteiger partial charge in [-0.2, -0.15) is 4.98 Å². The summed E-state index contributed by atoms with van der Waals surface area (Å²) in [5.74, 6) is 0.492. The predicted octanol–water partition coefficient (Wildman–Crippen LogP) is 1.47. The molecule has 0 spiro atoms. The average Bonchev–Trinajstić information content (AvgIpc) is 3.31. The van der Waals surface area contributed by atoms with Crippen LogP contribution >= 0.6 is 0 Å². The van der Waals surface area contributed by atoms with Gasteiger partial charge in [-0.05, 0) is 29.8 Å². The molecule has 3 heterocycles. The molecule has 0 aliphatic heterocycles. The Bertz CT molecular complexity index is 1090. The van der Waals surface area contributed by atoms with Gasteiger partial charge in [0.1, 0.15) is 5.69 Å². The van der Waals surface area contributed by atoms with Crippen LogP contribution in [-0.4, -0.2) is 37.9 Å². The Morgan fingerprint density at radius 2 is 2.15 bits per heavy atom. The first kappa shape index (κ1) is 15.8. The minimum absolute atomic E-state index is 0.103. The zero-order valence-electron chi connectivity index (χ0n) is 13.9. The monoisotopic (exact) mass is 349 g/mol. The zero-order chi connectivity index (χ0) is 18.1. The van der Waals surface area contributed by atoms with Crippen LogP contribution in [0.4, 0.5) is 5.95 Å². The molecule has 1 amide bonds. The topological polar surface area (TPSA) is 125 Å². The molecule has 0 aliphatic carbocycles. The van der Waals surface area contributed by atoms with Gasteiger partial charge in [-0.1, -0.05) is 17.3 Å². The van der Waals surface area contributed by atoms with Gasteiger partial charge in [-0.3, -0.25) is 4.79 Å². The van der Waals surface area contributed by atoms with E-state index in [1.165, 1.54) is 0 Å². The fourth-order valence-electron chi connectivity index (χ4n) is 2.69. The lowest BCUT2D eigenvalue weighted by Crippen LogP contribution is -2.18. The minimum Gasteiger partial charge on any atom is -0.463 e. The number of rotatable bonds is 4. The predicted molar refractivity (Wildman–Crippen MR) is 94.2 cm³/mol. The third kappa shape index (κ3) is 2.75. The molecule has 0 aliphatic rings. The van der Waals surface area contributed by atoms with Gasteiger partial charge in [-0.15, -0.1) is 5.10 Å². The number of anilines is 1. The lowest BCUT2D eigenvalue weighted by Gasteiger charge is -2.06. The third-order valence-electron chi connectivity index (χ3n) is 3.88. The second-order valence-electron chi connectivity index (χ2n) is 5.61. The first-order valence-corrected chi connectivity index (χ1v) is 7.87. The van der Waals surface area contributed by atoms with Gasteiger partial charge in [0.15, 0.2) is 16.9 Å². The number of nitrogens with one attached hydrogen (secondary N) is 1. The molecule has 4 aromatic rings. The molecule has 3 N–H and O–H groups in total. The molecule has 0 unspecified atom stereocenters. The molecule has 26 heavy (non-hydrogen) atoms. The van der Waals surface area contributed by atoms with Gasteiger partial charge >= 0.3 is 0 Å². The summed E-state index contributed by atoms with van der Waals surface area (Å²) in [4.78, 5) is 20.3. The van der Waals surface area contributed by atoms with Crippen LogP contribution in [0.15, 0.2) is 47.1 Å². The fraction of sp³-hybridized carbons (Fsp3) is 0.118. The second-order valence-corrected chi connectivity index (χ2v) is 5.61. The van der Waals surface area contributed by atoms with Gasteiger partial charge in [0.25, 0.3) is 5.91 Å². The van der Waals surface area contributed by atoms with Gasteiger partial charge in [0, 0.05) is 12.6 Å². The van der Waals surface area contributed by atoms with Crippen molar-refractivity contribution in [3.05, 3.63) is 53.8 Å². The van der Waals surface area contributed by atoms with Crippen LogP contribution in [0.3, 0.4) is 0 Å². The van der Waals surface area contributed by atoms with Crippen molar-refractivity contribution in [3.63, 3.8) is 0 Å². The average molecular weight is 349 g/mol. The lowest BCUT2D eigenvalue weighted by atomic mass is 10.1. The summed E-state index contributed by atoms with van der Waals surface area (Å²) < 4.78 is 7.01. The van der Waals surface area contributed by atoms with E-state index in [1.807, 2.05) is 12.1 Å². The van der Waals surface area contributed by atoms with Crippen molar-refractivity contribution in [2.75, 3.05) is 12.8 Å². The van der Waals surface area contributed by atoms with Gasteiger partial charge in [-0.25, -0.2) is 9.67 Å². The molecule has 0 bridgehead atoms. The Labute approximate surface area is 147 Å². The van der Waals surface area contributed by atoms with Crippen molar-refractivity contribution in [2.45, 2.75) is 6.54 Å². The van der Waals surface area contributed by atoms with Crippen LogP contribution in [-0.2, 0) is 6.54 Å². The van der Waals surface area contributed by atoms with E-state index in [2.05, 4.69) is 25.6 Å². The van der Waals surface area contributed by atoms with E-state index in [9.17, 15) is 4.79 Å². The van der Waals surface area contributed by atoms with E-state index in [1.54, 1.807) is 42.3 Å². The highest BCUT2D eigenvalue weighted by Crippen LogP contribution is 2.25. The molecule has 0 saturated heterocycles. The van der Waals surface area contributed by atoms with Crippen molar-refractivity contribution in [1.82, 2.24) is 30.3 Å². The Balaban J connectivity index is 1.76. The summed E-state index contributed by atoms with van der Waals surface area (Å²) in [6.45, 7) is 0.384. The van der Waals surface area contributed by atoms with Crippen molar-refractivity contribution >= 4 is 23.0 Å². The van der Waals surface area contributed by atoms with E-state index < -0.39 is 0 Å². The quantitative estimate of drug-likeness (QED) is 0.571. The highest BCUT2D eigenvalue weighted by Gasteiger charge is 2.17. The van der Waals surface area contributed by atoms with E-state index in [-0.39, 0.29) is 11.9 Å². The molecule has 0 fully saturated rings. The first-order valence-electron chi connectivity index (χ1n) is 7.87. The Hall–Kier alpha value is -3.75. The number of aromatic nitrogens is 5. The Morgan fingerprint density at radius 3 is 2.92 bits per heavy atom. The smallest absolute Gasteiger partial charge is 0.251 e. The number of hydrogen-bond donors (Lipinski definition) is 2. The number of nitrogens with two attached hydrogens (primary N) is 1. The largest absolute Gasteiger partial charge is 0.463 e. The molecular weight excluding hydrogens is 334 g/mol. The maximum Gasteiger partial charge on any atom is 0.251 e. The molecule has 130 valence electrons. The van der Waals surface area contributed by atoms with Gasteiger partial charge in [0.05, 0.1) is 12.8 Å². The molecule has 1 aromatic carbocycles. The summed E-state index contributed by atoms with van der Waals surface area (Å²) in [5, 5.41) is 10.9. The number of carbonyl (C=O) groups excluding carboxylic acids is 1. The second kappa shape index (κ2) is 6.28. The van der Waals surface area contributed by atoms with Crippen LogP contribution < -0.4 is 11.1 Å². The number of nitrogen functional groups attached to an aromatic ring is 1. The number of furan rings is 1. The van der Waals surface area contributed by atoms with Crippen molar-refractivity contribution in [2.24, 2.45) is 0 Å². The third-order valence-corrected chi connectivity index (χ3v) is 3.88. The SMILES string of the molecule is CNC(=O)c1cccc(Cn2nnc3c(-c4ccco4)nc(N)nc32)c1. The Kier molecular flexibility index (Phi) is 3.81. The van der Waals surface area contributed by atoms with E-state index in [0.29, 0.717) is 34.7 Å². The number of benzene rings is 1. The summed E-state index contributed by atoms with van der Waals surface area (Å²) in [6.07, 6.45) is 1.55. The van der Waals surface area contributed by atoms with Crippen LogP contribution in [0.25, 0.3) is 22.6 Å². The number of carbonyl (C=O) groups is 1. The molecule has 4 rings (SSSR count). The molecule has 9 heteroatoms. The lowest BCUT2D eigenvalue weighted by molar-refractivity contribution is 0.0963. The normalized spacial score (nSPS) is 11.0. The Morgan fingerprint density at radius 1 is 1.27 bits per heavy atom. The molecule has 9 nitrogen and oxygen atoms in total. The van der Waals surface area contributed by atoms with Gasteiger partial charge < -0.3 is 15.5 Å². The fourth-order valence-corrected chi connectivity index (χ4v) is 2.69. The highest BCUT2D eigenvalue weighted by atomic mass is 16.3. The van der Waals surface area contributed by atoms with E-state index in [4.69, 9.17) is 10.2 Å². The van der Waals surface area contributed by atoms with Crippen molar-refractivity contribution in [3.8, 4) is 11.5 Å². The molecule has 0 atom stereocenters. The molecular formula is C17H15N7O2. The number of fused-ring (bicyclic) bond motifs is 1. The number of hydrogen-bond acceptors (Lipinski definition) is 7. The number of nitrogens with zero attached hydrogens (tertiary/aromatic N) is 5. The highest BCUT2D eigenvalue weighted by molar-refractivity contribution is 5.94. The van der Waals surface area contributed by atoms with Crippen LogP contribution in [0.2, 0.25) is 0 Å². The summed E-state index contributed by atoms with van der Waals surface area (Å²) in [6, 6.07) is 10.8. The first-order chi connectivity index (χ1) is 12.7. The molecule has 0 saturated carbocycles. The van der Waals surface area contributed by atoms with E-state index >= 15 is 0 Å². The number of amides is 1. The maximum atomic E-state index is 11.8. The van der Waals surface area contributed by atoms with Gasteiger partial charge in [0.2, 0.25) is 5.95 Å². The molecule has 0 radical (unpaired) electrons. The summed E-state index contributed by atoms with van der Waals surface area (Å²) in [7, 11) is 1.59. The summed E-state index contributed by atoms with van der Waals surface area (Å²) in [5.41, 5.74) is 8.78. The standard InChI is InChI=1S/C17H15N7O2/c1-19-16(25)11-5-2-4-10(8-11)9-24-15-14(22-23-24)13(20-17(18)21-15)12-6-3-7-26-12/h2-8H,9H2,1H3,(H,19,25)(H2,18,20,21). The van der Waals surface area contributed by atoms with Crippen LogP contribution in [0, 0.1) is 0 Å². The van der Waals surface area contributed by atoms with Crippen molar-refractivity contribution in [1.29, 1.82) is 0 Å². The van der Waals surface area contributed by atoms with Crippen LogP contribution in [0.1, 0.15) is 15.9 Å². The zero-order valence-corrected chi connectivity index (χ0v) is 13.9. The van der Waals surface area contributed by atoms with E-state index in [0.717, 1.165) is 5.56 Å². The minimum atomic E-state index is -0.151. The summed E-state index contributed by atoms with van der Waals surface area (Å²) >= 11 is 0. The van der Waals surface area contributed by atoms with Crippen molar-refractivity contribution < 1.29 is 9.21 Å². The van der Waals surface area contributed by atoms with Crippen LogP contribution in [0.5, 0.6) is 0 Å². The maximum absolute atomic E-state index is 11.8.